The lowest BCUT2D eigenvalue weighted by atomic mass is 10.2. The van der Waals surface area contributed by atoms with Crippen LogP contribution in [0, 0.1) is 11.3 Å². The molecule has 0 aromatic heterocycles. The Morgan fingerprint density at radius 2 is 2.36 bits per heavy atom. The molecule has 0 bridgehead atoms. The topological polar surface area (TPSA) is 39.1 Å². The standard InChI is InChI=1S/C11H21N3/c1-3-8-14-9-11(4-6-12)13-7-5-10(14)2/h10-11,13H,3-5,7-9H2,1-2H3. The molecular weight excluding hydrogens is 174 g/mol. The Kier molecular flexibility index (Phi) is 4.92. The van der Waals surface area contributed by atoms with Gasteiger partial charge in [-0.05, 0) is 32.9 Å². The zero-order valence-electron chi connectivity index (χ0n) is 9.29. The normalized spacial score (nSPS) is 29.5. The summed E-state index contributed by atoms with van der Waals surface area (Å²) in [6.07, 6.45) is 3.03. The molecule has 80 valence electrons. The van der Waals surface area contributed by atoms with Gasteiger partial charge in [-0.25, -0.2) is 0 Å². The molecule has 0 radical (unpaired) electrons. The van der Waals surface area contributed by atoms with Gasteiger partial charge in [-0.1, -0.05) is 6.92 Å². The molecule has 1 aliphatic heterocycles. The van der Waals surface area contributed by atoms with Crippen molar-refractivity contribution in [1.29, 1.82) is 5.26 Å². The summed E-state index contributed by atoms with van der Waals surface area (Å²) in [6.45, 7) is 7.73. The fraction of sp³-hybridized carbons (Fsp3) is 0.909. The summed E-state index contributed by atoms with van der Waals surface area (Å²) >= 11 is 0. The van der Waals surface area contributed by atoms with Crippen LogP contribution in [0.1, 0.15) is 33.1 Å². The van der Waals surface area contributed by atoms with Gasteiger partial charge < -0.3 is 5.32 Å². The van der Waals surface area contributed by atoms with E-state index >= 15 is 0 Å². The van der Waals surface area contributed by atoms with Gasteiger partial charge in [0.1, 0.15) is 0 Å². The summed E-state index contributed by atoms with van der Waals surface area (Å²) in [7, 11) is 0. The zero-order chi connectivity index (χ0) is 10.4. The average Bonchev–Trinajstić information content (AvgIpc) is 2.31. The molecule has 0 aromatic carbocycles. The first-order chi connectivity index (χ1) is 6.77. The van der Waals surface area contributed by atoms with Crippen molar-refractivity contribution in [2.75, 3.05) is 19.6 Å². The van der Waals surface area contributed by atoms with Crippen LogP contribution in [-0.4, -0.2) is 36.6 Å². The molecule has 1 N–H and O–H groups in total. The second-order valence-corrected chi connectivity index (χ2v) is 4.15. The second-order valence-electron chi connectivity index (χ2n) is 4.15. The van der Waals surface area contributed by atoms with Crippen molar-refractivity contribution in [3.63, 3.8) is 0 Å². The number of nitrogens with one attached hydrogen (secondary N) is 1. The Labute approximate surface area is 87.1 Å². The van der Waals surface area contributed by atoms with Gasteiger partial charge in [-0.2, -0.15) is 5.26 Å². The molecule has 1 aliphatic rings. The van der Waals surface area contributed by atoms with E-state index in [0.29, 0.717) is 18.5 Å². The first-order valence-electron chi connectivity index (χ1n) is 5.62. The number of hydrogen-bond acceptors (Lipinski definition) is 3. The Hall–Kier alpha value is -0.590. The van der Waals surface area contributed by atoms with Gasteiger partial charge in [0.05, 0.1) is 12.5 Å². The minimum atomic E-state index is 0.372. The number of nitrogens with zero attached hydrogens (tertiary/aromatic N) is 2. The van der Waals surface area contributed by atoms with Crippen molar-refractivity contribution in [2.45, 2.75) is 45.2 Å². The first kappa shape index (κ1) is 11.5. The van der Waals surface area contributed by atoms with Crippen LogP contribution >= 0.6 is 0 Å². The molecule has 1 rings (SSSR count). The van der Waals surface area contributed by atoms with Gasteiger partial charge in [0.25, 0.3) is 0 Å². The van der Waals surface area contributed by atoms with Crippen molar-refractivity contribution in [1.82, 2.24) is 10.2 Å². The monoisotopic (exact) mass is 195 g/mol. The molecule has 3 heteroatoms. The van der Waals surface area contributed by atoms with Gasteiger partial charge in [0.2, 0.25) is 0 Å². The van der Waals surface area contributed by atoms with E-state index in [0.717, 1.165) is 19.6 Å². The Bertz CT molecular complexity index is 197. The Morgan fingerprint density at radius 1 is 1.57 bits per heavy atom. The summed E-state index contributed by atoms with van der Waals surface area (Å²) in [5.41, 5.74) is 0. The van der Waals surface area contributed by atoms with E-state index < -0.39 is 0 Å². The van der Waals surface area contributed by atoms with Gasteiger partial charge >= 0.3 is 0 Å². The van der Waals surface area contributed by atoms with Gasteiger partial charge in [-0.3, -0.25) is 4.90 Å². The van der Waals surface area contributed by atoms with Gasteiger partial charge in [0, 0.05) is 18.6 Å². The molecule has 0 aliphatic carbocycles. The molecule has 2 unspecified atom stereocenters. The van der Waals surface area contributed by atoms with E-state index in [1.807, 2.05) is 0 Å². The van der Waals surface area contributed by atoms with E-state index in [2.05, 4.69) is 30.1 Å². The van der Waals surface area contributed by atoms with E-state index in [1.54, 1.807) is 0 Å². The van der Waals surface area contributed by atoms with Crippen LogP contribution in [-0.2, 0) is 0 Å². The third kappa shape index (κ3) is 3.28. The summed E-state index contributed by atoms with van der Waals surface area (Å²) in [5, 5.41) is 12.1. The third-order valence-corrected chi connectivity index (χ3v) is 2.92. The lowest BCUT2D eigenvalue weighted by molar-refractivity contribution is 0.205. The van der Waals surface area contributed by atoms with E-state index in [-0.39, 0.29) is 0 Å². The fourth-order valence-corrected chi connectivity index (χ4v) is 2.05. The Balaban J connectivity index is 2.49. The largest absolute Gasteiger partial charge is 0.312 e. The smallest absolute Gasteiger partial charge is 0.0638 e. The van der Waals surface area contributed by atoms with Crippen LogP contribution in [0.15, 0.2) is 0 Å². The molecule has 14 heavy (non-hydrogen) atoms. The molecule has 1 fully saturated rings. The lowest BCUT2D eigenvalue weighted by Gasteiger charge is -2.27. The van der Waals surface area contributed by atoms with E-state index in [9.17, 15) is 0 Å². The minimum Gasteiger partial charge on any atom is -0.312 e. The van der Waals surface area contributed by atoms with Crippen LogP contribution < -0.4 is 5.32 Å². The maximum atomic E-state index is 8.68. The van der Waals surface area contributed by atoms with Crippen LogP contribution in [0.3, 0.4) is 0 Å². The summed E-state index contributed by atoms with van der Waals surface area (Å²) in [4.78, 5) is 2.50. The highest BCUT2D eigenvalue weighted by Crippen LogP contribution is 2.10. The maximum absolute atomic E-state index is 8.68. The average molecular weight is 195 g/mol. The van der Waals surface area contributed by atoms with Crippen LogP contribution in [0.25, 0.3) is 0 Å². The SMILES string of the molecule is CCCN1CC(CC#N)NCCC1C. The highest BCUT2D eigenvalue weighted by molar-refractivity contribution is 4.87. The third-order valence-electron chi connectivity index (χ3n) is 2.92. The maximum Gasteiger partial charge on any atom is 0.0638 e. The van der Waals surface area contributed by atoms with Crippen LogP contribution in [0.4, 0.5) is 0 Å². The van der Waals surface area contributed by atoms with Crippen molar-refractivity contribution >= 4 is 0 Å². The number of hydrogen-bond donors (Lipinski definition) is 1. The molecule has 1 heterocycles. The predicted octanol–water partition coefficient (Wildman–Crippen LogP) is 1.36. The summed E-state index contributed by atoms with van der Waals surface area (Å²) in [6, 6.07) is 3.28. The quantitative estimate of drug-likeness (QED) is 0.739. The van der Waals surface area contributed by atoms with E-state index in [1.165, 1.54) is 12.8 Å². The molecule has 0 amide bonds. The zero-order valence-corrected chi connectivity index (χ0v) is 9.29. The van der Waals surface area contributed by atoms with E-state index in [4.69, 9.17) is 5.26 Å². The van der Waals surface area contributed by atoms with Gasteiger partial charge in [0.15, 0.2) is 0 Å². The fourth-order valence-electron chi connectivity index (χ4n) is 2.05. The predicted molar refractivity (Wildman–Crippen MR) is 58.0 cm³/mol. The second kappa shape index (κ2) is 6.00. The van der Waals surface area contributed by atoms with Crippen LogP contribution in [0.2, 0.25) is 0 Å². The minimum absolute atomic E-state index is 0.372. The molecule has 0 saturated carbocycles. The molecule has 2 atom stereocenters. The highest BCUT2D eigenvalue weighted by atomic mass is 15.2. The first-order valence-corrected chi connectivity index (χ1v) is 5.62. The number of rotatable bonds is 3. The summed E-state index contributed by atoms with van der Waals surface area (Å²) < 4.78 is 0. The van der Waals surface area contributed by atoms with Crippen molar-refractivity contribution < 1.29 is 0 Å². The van der Waals surface area contributed by atoms with Crippen LogP contribution in [0.5, 0.6) is 0 Å². The molecule has 3 nitrogen and oxygen atoms in total. The molecular formula is C11H21N3. The van der Waals surface area contributed by atoms with Crippen molar-refractivity contribution in [3.05, 3.63) is 0 Å². The highest BCUT2D eigenvalue weighted by Gasteiger charge is 2.21. The molecule has 0 aromatic rings. The number of nitriles is 1. The summed E-state index contributed by atoms with van der Waals surface area (Å²) in [5.74, 6) is 0. The van der Waals surface area contributed by atoms with Crippen molar-refractivity contribution in [3.8, 4) is 6.07 Å². The van der Waals surface area contributed by atoms with Crippen molar-refractivity contribution in [2.24, 2.45) is 0 Å². The van der Waals surface area contributed by atoms with Gasteiger partial charge in [-0.15, -0.1) is 0 Å². The molecule has 1 saturated heterocycles. The lowest BCUT2D eigenvalue weighted by Crippen LogP contribution is -2.40. The Morgan fingerprint density at radius 3 is 3.00 bits per heavy atom. The molecule has 0 spiro atoms.